The van der Waals surface area contributed by atoms with Crippen molar-refractivity contribution >= 4 is 40.2 Å². The second-order valence-corrected chi connectivity index (χ2v) is 9.44. The van der Waals surface area contributed by atoms with Gasteiger partial charge in [0.2, 0.25) is 5.95 Å². The van der Waals surface area contributed by atoms with E-state index >= 15 is 0 Å². The molecule has 1 aromatic heterocycles. The number of halogens is 1. The number of ether oxygens (including phenoxy) is 2. The van der Waals surface area contributed by atoms with Crippen molar-refractivity contribution in [1.82, 2.24) is 9.55 Å². The number of benzene rings is 3. The molecule has 2 aliphatic heterocycles. The lowest BCUT2D eigenvalue weighted by molar-refractivity contribution is -0.113. The van der Waals surface area contributed by atoms with Crippen molar-refractivity contribution in [2.75, 3.05) is 23.8 Å². The Bertz CT molecular complexity index is 1540. The Hall–Kier alpha value is -3.97. The van der Waals surface area contributed by atoms with Crippen LogP contribution in [0.2, 0.25) is 5.02 Å². The van der Waals surface area contributed by atoms with Crippen LogP contribution in [0.3, 0.4) is 0 Å². The van der Waals surface area contributed by atoms with Crippen LogP contribution >= 0.6 is 11.6 Å². The van der Waals surface area contributed by atoms with Crippen LogP contribution in [0.15, 0.2) is 71.9 Å². The minimum Gasteiger partial charge on any atom is -0.490 e. The first-order valence-electron chi connectivity index (χ1n) is 11.9. The number of hydrogen-bond acceptors (Lipinski definition) is 5. The van der Waals surface area contributed by atoms with Crippen molar-refractivity contribution in [2.24, 2.45) is 0 Å². The van der Waals surface area contributed by atoms with Gasteiger partial charge in [0, 0.05) is 22.8 Å². The summed E-state index contributed by atoms with van der Waals surface area (Å²) in [6, 6.07) is 18.9. The van der Waals surface area contributed by atoms with Gasteiger partial charge in [0.15, 0.2) is 11.5 Å². The van der Waals surface area contributed by atoms with Gasteiger partial charge in [-0.3, -0.25) is 9.36 Å². The molecule has 0 bridgehead atoms. The fourth-order valence-corrected chi connectivity index (χ4v) is 4.97. The highest BCUT2D eigenvalue weighted by atomic mass is 35.5. The van der Waals surface area contributed by atoms with E-state index in [0.29, 0.717) is 46.9 Å². The van der Waals surface area contributed by atoms with Crippen molar-refractivity contribution in [3.63, 3.8) is 0 Å². The lowest BCUT2D eigenvalue weighted by Crippen LogP contribution is -2.31. The Balaban J connectivity index is 1.49. The number of nitrogens with zero attached hydrogens (tertiary/aromatic N) is 2. The summed E-state index contributed by atoms with van der Waals surface area (Å²) in [6.07, 6.45) is 0.819. The highest BCUT2D eigenvalue weighted by molar-refractivity contribution is 6.31. The predicted molar refractivity (Wildman–Crippen MR) is 141 cm³/mol. The molecule has 2 aliphatic rings. The molecule has 0 spiro atoms. The number of nitrogens with one attached hydrogen (secondary N) is 2. The zero-order valence-electron chi connectivity index (χ0n) is 20.0. The van der Waals surface area contributed by atoms with Crippen LogP contribution < -0.4 is 20.1 Å². The molecular weight excluding hydrogens is 476 g/mol. The molecule has 0 aliphatic carbocycles. The number of rotatable bonds is 3. The lowest BCUT2D eigenvalue weighted by Gasteiger charge is -2.31. The Morgan fingerprint density at radius 3 is 2.69 bits per heavy atom. The lowest BCUT2D eigenvalue weighted by atomic mass is 9.94. The van der Waals surface area contributed by atoms with Crippen LogP contribution in [-0.2, 0) is 4.79 Å². The first-order valence-corrected chi connectivity index (χ1v) is 12.3. The number of para-hydroxylation sites is 2. The van der Waals surface area contributed by atoms with E-state index in [1.165, 1.54) is 0 Å². The molecule has 7 nitrogen and oxygen atoms in total. The fraction of sp³-hybridized carbons (Fsp3) is 0.214. The minimum atomic E-state index is -0.438. The number of aromatic nitrogens is 2. The van der Waals surface area contributed by atoms with E-state index in [1.54, 1.807) is 6.07 Å². The summed E-state index contributed by atoms with van der Waals surface area (Å²) >= 11 is 6.32. The van der Waals surface area contributed by atoms with Crippen LogP contribution in [0.1, 0.15) is 30.5 Å². The summed E-state index contributed by atoms with van der Waals surface area (Å²) in [5, 5.41) is 6.99. The van der Waals surface area contributed by atoms with Crippen LogP contribution in [0.4, 0.5) is 11.6 Å². The Labute approximate surface area is 213 Å². The predicted octanol–water partition coefficient (Wildman–Crippen LogP) is 6.09. The quantitative estimate of drug-likeness (QED) is 0.356. The number of imidazole rings is 1. The average Bonchev–Trinajstić information content (AvgIpc) is 3.06. The molecule has 3 aromatic carbocycles. The molecule has 2 N–H and O–H groups in total. The molecule has 0 saturated heterocycles. The van der Waals surface area contributed by atoms with Crippen molar-refractivity contribution in [3.8, 4) is 11.5 Å². The van der Waals surface area contributed by atoms with E-state index in [-0.39, 0.29) is 5.91 Å². The first kappa shape index (κ1) is 22.5. The van der Waals surface area contributed by atoms with E-state index in [4.69, 9.17) is 26.1 Å². The van der Waals surface area contributed by atoms with Crippen LogP contribution in [-0.4, -0.2) is 28.7 Å². The van der Waals surface area contributed by atoms with E-state index in [9.17, 15) is 4.79 Å². The largest absolute Gasteiger partial charge is 0.490 e. The number of amides is 1. The third-order valence-corrected chi connectivity index (χ3v) is 7.00. The van der Waals surface area contributed by atoms with E-state index in [1.807, 2.05) is 68.4 Å². The second-order valence-electron chi connectivity index (χ2n) is 9.04. The highest BCUT2D eigenvalue weighted by Gasteiger charge is 2.35. The number of fused-ring (bicyclic) bond motifs is 4. The molecule has 1 amide bonds. The van der Waals surface area contributed by atoms with Gasteiger partial charge in [-0.1, -0.05) is 35.9 Å². The maximum absolute atomic E-state index is 13.8. The van der Waals surface area contributed by atoms with Crippen LogP contribution in [0, 0.1) is 6.92 Å². The SMILES string of the molecule is CC1=C(C(=O)Nc2ccc(C)c(Cl)c2)C(c2ccc3c(c2)OCCCO3)n2c(nc3ccccc32)N1. The van der Waals surface area contributed by atoms with Crippen LogP contribution in [0.25, 0.3) is 11.0 Å². The molecule has 1 atom stereocenters. The third-order valence-electron chi connectivity index (χ3n) is 6.59. The molecule has 4 aromatic rings. The van der Waals surface area contributed by atoms with Gasteiger partial charge in [-0.15, -0.1) is 0 Å². The van der Waals surface area contributed by atoms with Crippen molar-refractivity contribution in [3.05, 3.63) is 88.1 Å². The fourth-order valence-electron chi connectivity index (χ4n) is 4.79. The topological polar surface area (TPSA) is 77.4 Å². The zero-order valence-corrected chi connectivity index (χ0v) is 20.7. The monoisotopic (exact) mass is 500 g/mol. The van der Waals surface area contributed by atoms with Gasteiger partial charge >= 0.3 is 0 Å². The minimum absolute atomic E-state index is 0.222. The van der Waals surface area contributed by atoms with E-state index < -0.39 is 6.04 Å². The summed E-state index contributed by atoms with van der Waals surface area (Å²) in [7, 11) is 0. The van der Waals surface area contributed by atoms with E-state index in [2.05, 4.69) is 15.2 Å². The standard InChI is InChI=1S/C28H25ClN4O3/c1-16-8-10-19(15-20(16)29)31-27(34)25-17(2)30-28-32-21-6-3-4-7-22(21)33(28)26(25)18-9-11-23-24(14-18)36-13-5-12-35-23/h3-4,6-11,14-15,26H,5,12-13H2,1-2H3,(H,30,32)(H,31,34). The molecule has 0 radical (unpaired) electrons. The van der Waals surface area contributed by atoms with Gasteiger partial charge in [0.25, 0.3) is 5.91 Å². The van der Waals surface area contributed by atoms with Gasteiger partial charge < -0.3 is 20.1 Å². The normalized spacial score (nSPS) is 16.8. The van der Waals surface area contributed by atoms with Gasteiger partial charge in [-0.2, -0.15) is 0 Å². The first-order chi connectivity index (χ1) is 17.5. The van der Waals surface area contributed by atoms with Crippen LogP contribution in [0.5, 0.6) is 11.5 Å². The smallest absolute Gasteiger partial charge is 0.255 e. The molecule has 8 heteroatoms. The maximum Gasteiger partial charge on any atom is 0.255 e. The summed E-state index contributed by atoms with van der Waals surface area (Å²) < 4.78 is 13.9. The molecule has 36 heavy (non-hydrogen) atoms. The number of hydrogen-bond donors (Lipinski definition) is 2. The molecular formula is C28H25ClN4O3. The van der Waals surface area contributed by atoms with Crippen molar-refractivity contribution < 1.29 is 14.3 Å². The highest BCUT2D eigenvalue weighted by Crippen LogP contribution is 2.42. The van der Waals surface area contributed by atoms with Gasteiger partial charge in [-0.05, 0) is 61.4 Å². The van der Waals surface area contributed by atoms with Gasteiger partial charge in [0.1, 0.15) is 0 Å². The number of carbonyl (C=O) groups excluding carboxylic acids is 1. The number of anilines is 2. The Kier molecular flexibility index (Phi) is 5.57. The summed E-state index contributed by atoms with van der Waals surface area (Å²) in [5.41, 5.74) is 5.56. The maximum atomic E-state index is 13.8. The molecule has 0 saturated carbocycles. The number of carbonyl (C=O) groups is 1. The molecule has 1 unspecified atom stereocenters. The summed E-state index contributed by atoms with van der Waals surface area (Å²) in [5.74, 6) is 1.85. The van der Waals surface area contributed by atoms with E-state index in [0.717, 1.165) is 34.3 Å². The van der Waals surface area contributed by atoms with Crippen molar-refractivity contribution in [1.29, 1.82) is 0 Å². The molecule has 3 heterocycles. The van der Waals surface area contributed by atoms with Crippen molar-refractivity contribution in [2.45, 2.75) is 26.3 Å². The average molecular weight is 501 g/mol. The number of aryl methyl sites for hydroxylation is 1. The summed E-state index contributed by atoms with van der Waals surface area (Å²) in [6.45, 7) is 5.02. The molecule has 182 valence electrons. The Morgan fingerprint density at radius 2 is 1.86 bits per heavy atom. The van der Waals surface area contributed by atoms with Gasteiger partial charge in [0.05, 0.1) is 35.9 Å². The van der Waals surface area contributed by atoms with Gasteiger partial charge in [-0.25, -0.2) is 4.98 Å². The molecule has 6 rings (SSSR count). The Morgan fingerprint density at radius 1 is 1.06 bits per heavy atom. The zero-order chi connectivity index (χ0) is 24.8. The second kappa shape index (κ2) is 8.91. The molecule has 0 fully saturated rings. The summed E-state index contributed by atoms with van der Waals surface area (Å²) in [4.78, 5) is 18.6. The number of allylic oxidation sites excluding steroid dienone is 1. The third kappa shape index (κ3) is 3.85.